The van der Waals surface area contributed by atoms with E-state index in [4.69, 9.17) is 4.42 Å². The summed E-state index contributed by atoms with van der Waals surface area (Å²) in [5.74, 6) is 0.134. The van der Waals surface area contributed by atoms with E-state index in [0.717, 1.165) is 0 Å². The Labute approximate surface area is 176 Å². The molecule has 2 heterocycles. The lowest BCUT2D eigenvalue weighted by molar-refractivity contribution is -0.117. The van der Waals surface area contributed by atoms with Crippen LogP contribution in [0.3, 0.4) is 0 Å². The monoisotopic (exact) mass is 434 g/mol. The van der Waals surface area contributed by atoms with Gasteiger partial charge in [0.1, 0.15) is 5.76 Å². The first-order chi connectivity index (χ1) is 14.4. The van der Waals surface area contributed by atoms with Crippen molar-refractivity contribution in [3.05, 3.63) is 54.0 Å². The highest BCUT2D eigenvalue weighted by molar-refractivity contribution is 7.89. The van der Waals surface area contributed by atoms with Crippen molar-refractivity contribution in [2.24, 2.45) is 0 Å². The molecule has 2 amide bonds. The number of para-hydroxylation sites is 1. The van der Waals surface area contributed by atoms with Crippen LogP contribution in [-0.4, -0.2) is 67.9 Å². The molecule has 0 saturated carbocycles. The van der Waals surface area contributed by atoms with Crippen molar-refractivity contribution in [3.63, 3.8) is 0 Å². The summed E-state index contributed by atoms with van der Waals surface area (Å²) in [7, 11) is -3.20. The van der Waals surface area contributed by atoms with Crippen LogP contribution in [0, 0.1) is 0 Å². The van der Waals surface area contributed by atoms with Gasteiger partial charge in [-0.25, -0.2) is 8.42 Å². The van der Waals surface area contributed by atoms with Crippen LogP contribution in [0.2, 0.25) is 0 Å². The zero-order valence-corrected chi connectivity index (χ0v) is 17.7. The van der Waals surface area contributed by atoms with Gasteiger partial charge in [0.15, 0.2) is 0 Å². The maximum atomic E-state index is 12.5. The lowest BCUT2D eigenvalue weighted by atomic mass is 10.1. The number of benzene rings is 1. The number of nitrogens with zero attached hydrogens (tertiary/aromatic N) is 2. The van der Waals surface area contributed by atoms with Crippen molar-refractivity contribution in [2.75, 3.05) is 43.8 Å². The van der Waals surface area contributed by atoms with Gasteiger partial charge in [-0.2, -0.15) is 4.31 Å². The Kier molecular flexibility index (Phi) is 7.24. The van der Waals surface area contributed by atoms with Crippen molar-refractivity contribution in [3.8, 4) is 0 Å². The fraction of sp³-hybridized carbons (Fsp3) is 0.400. The molecule has 2 N–H and O–H groups in total. The normalized spacial score (nSPS) is 15.6. The summed E-state index contributed by atoms with van der Waals surface area (Å²) < 4.78 is 30.5. The highest BCUT2D eigenvalue weighted by atomic mass is 32.2. The fourth-order valence-corrected chi connectivity index (χ4v) is 4.29. The minimum Gasteiger partial charge on any atom is -0.467 e. The van der Waals surface area contributed by atoms with Crippen LogP contribution < -0.4 is 10.6 Å². The lowest BCUT2D eigenvalue weighted by Crippen LogP contribution is -2.50. The molecule has 1 aliphatic heterocycles. The molecule has 9 nitrogen and oxygen atoms in total. The molecule has 0 radical (unpaired) electrons. The van der Waals surface area contributed by atoms with Crippen LogP contribution in [0.4, 0.5) is 5.69 Å². The average molecular weight is 435 g/mol. The number of anilines is 1. The first-order valence-electron chi connectivity index (χ1n) is 9.78. The Morgan fingerprint density at radius 3 is 2.47 bits per heavy atom. The molecule has 0 unspecified atom stereocenters. The van der Waals surface area contributed by atoms with E-state index in [2.05, 4.69) is 10.6 Å². The van der Waals surface area contributed by atoms with E-state index < -0.39 is 10.0 Å². The quantitative estimate of drug-likeness (QED) is 0.644. The number of carbonyl (C=O) groups is 2. The first-order valence-corrected chi connectivity index (χ1v) is 11.4. The molecular weight excluding hydrogens is 408 g/mol. The maximum absolute atomic E-state index is 12.5. The van der Waals surface area contributed by atoms with E-state index in [1.807, 2.05) is 4.90 Å². The third-order valence-electron chi connectivity index (χ3n) is 4.91. The zero-order valence-electron chi connectivity index (χ0n) is 16.8. The molecule has 0 atom stereocenters. The van der Waals surface area contributed by atoms with Crippen LogP contribution in [0.5, 0.6) is 0 Å². The number of carbonyl (C=O) groups excluding carboxylic acids is 2. The van der Waals surface area contributed by atoms with Gasteiger partial charge < -0.3 is 15.1 Å². The number of hydrogen-bond donors (Lipinski definition) is 2. The zero-order chi connectivity index (χ0) is 21.6. The molecule has 162 valence electrons. The second-order valence-electron chi connectivity index (χ2n) is 6.93. The van der Waals surface area contributed by atoms with E-state index in [9.17, 15) is 18.0 Å². The second-order valence-corrected chi connectivity index (χ2v) is 9.19. The van der Waals surface area contributed by atoms with E-state index in [0.29, 0.717) is 43.2 Å². The number of hydrogen-bond acceptors (Lipinski definition) is 6. The Morgan fingerprint density at radius 1 is 1.07 bits per heavy atom. The average Bonchev–Trinajstić information content (AvgIpc) is 3.26. The van der Waals surface area contributed by atoms with Crippen molar-refractivity contribution < 1.29 is 22.4 Å². The third kappa shape index (κ3) is 5.68. The minimum atomic E-state index is -3.20. The van der Waals surface area contributed by atoms with Gasteiger partial charge in [-0.15, -0.1) is 0 Å². The SMILES string of the molecule is CCS(=O)(=O)N1CCN(CC(=O)Nc2ccccc2C(=O)NCc2ccco2)CC1. The molecule has 1 saturated heterocycles. The number of nitrogens with one attached hydrogen (secondary N) is 2. The Bertz CT molecular complexity index is 967. The van der Waals surface area contributed by atoms with Gasteiger partial charge in [-0.1, -0.05) is 12.1 Å². The summed E-state index contributed by atoms with van der Waals surface area (Å²) in [6.45, 7) is 3.71. The standard InChI is InChI=1S/C20H26N4O5S/c1-2-30(27,28)24-11-9-23(10-12-24)15-19(25)22-18-8-4-3-7-17(18)20(26)21-14-16-6-5-13-29-16/h3-8,13H,2,9-12,14-15H2,1H3,(H,21,26)(H,22,25). The van der Waals surface area contributed by atoms with Gasteiger partial charge in [0, 0.05) is 26.2 Å². The van der Waals surface area contributed by atoms with Crippen LogP contribution in [0.25, 0.3) is 0 Å². The molecule has 1 aromatic heterocycles. The maximum Gasteiger partial charge on any atom is 0.253 e. The summed E-state index contributed by atoms with van der Waals surface area (Å²) in [5, 5.41) is 5.55. The minimum absolute atomic E-state index is 0.0757. The molecule has 10 heteroatoms. The van der Waals surface area contributed by atoms with Gasteiger partial charge in [-0.05, 0) is 31.2 Å². The van der Waals surface area contributed by atoms with Crippen LogP contribution in [0.15, 0.2) is 47.1 Å². The predicted octanol–water partition coefficient (Wildman–Crippen LogP) is 1.12. The van der Waals surface area contributed by atoms with Crippen LogP contribution >= 0.6 is 0 Å². The largest absolute Gasteiger partial charge is 0.467 e. The van der Waals surface area contributed by atoms with E-state index in [-0.39, 0.29) is 30.7 Å². The number of sulfonamides is 1. The molecule has 3 rings (SSSR count). The summed E-state index contributed by atoms with van der Waals surface area (Å²) in [6, 6.07) is 10.3. The second kappa shape index (κ2) is 9.88. The molecule has 2 aromatic rings. The molecular formula is C20H26N4O5S. The Morgan fingerprint density at radius 2 is 1.80 bits per heavy atom. The molecule has 0 spiro atoms. The summed E-state index contributed by atoms with van der Waals surface area (Å²) >= 11 is 0. The van der Waals surface area contributed by atoms with Gasteiger partial charge in [-0.3, -0.25) is 14.5 Å². The van der Waals surface area contributed by atoms with E-state index in [1.54, 1.807) is 43.3 Å². The first kappa shape index (κ1) is 22.0. The highest BCUT2D eigenvalue weighted by Crippen LogP contribution is 2.16. The van der Waals surface area contributed by atoms with Crippen LogP contribution in [0.1, 0.15) is 23.0 Å². The molecule has 0 bridgehead atoms. The molecule has 30 heavy (non-hydrogen) atoms. The Hall–Kier alpha value is -2.69. The van der Waals surface area contributed by atoms with Crippen molar-refractivity contribution >= 4 is 27.5 Å². The van der Waals surface area contributed by atoms with Crippen LogP contribution in [-0.2, 0) is 21.4 Å². The molecule has 0 aliphatic carbocycles. The number of rotatable bonds is 8. The van der Waals surface area contributed by atoms with Gasteiger partial charge in [0.05, 0.1) is 36.4 Å². The summed E-state index contributed by atoms with van der Waals surface area (Å²) in [6.07, 6.45) is 1.53. The summed E-state index contributed by atoms with van der Waals surface area (Å²) in [5.41, 5.74) is 0.780. The smallest absolute Gasteiger partial charge is 0.253 e. The lowest BCUT2D eigenvalue weighted by Gasteiger charge is -2.33. The third-order valence-corrected chi connectivity index (χ3v) is 6.79. The summed E-state index contributed by atoms with van der Waals surface area (Å²) in [4.78, 5) is 26.9. The number of amides is 2. The van der Waals surface area contributed by atoms with Crippen molar-refractivity contribution in [2.45, 2.75) is 13.5 Å². The van der Waals surface area contributed by atoms with Gasteiger partial charge in [0.2, 0.25) is 15.9 Å². The van der Waals surface area contributed by atoms with Crippen molar-refractivity contribution in [1.82, 2.24) is 14.5 Å². The number of furan rings is 1. The van der Waals surface area contributed by atoms with E-state index >= 15 is 0 Å². The Balaban J connectivity index is 1.54. The van der Waals surface area contributed by atoms with E-state index in [1.165, 1.54) is 10.6 Å². The van der Waals surface area contributed by atoms with Gasteiger partial charge in [0.25, 0.3) is 5.91 Å². The fourth-order valence-electron chi connectivity index (χ4n) is 3.21. The van der Waals surface area contributed by atoms with Crippen molar-refractivity contribution in [1.29, 1.82) is 0 Å². The molecule has 1 aliphatic rings. The van der Waals surface area contributed by atoms with Gasteiger partial charge >= 0.3 is 0 Å². The molecule has 1 aromatic carbocycles. The molecule has 1 fully saturated rings. The number of piperazine rings is 1. The topological polar surface area (TPSA) is 112 Å². The predicted molar refractivity (Wildman–Crippen MR) is 112 cm³/mol. The highest BCUT2D eigenvalue weighted by Gasteiger charge is 2.26.